The van der Waals surface area contributed by atoms with Gasteiger partial charge in [0.05, 0.1) is 13.2 Å². The van der Waals surface area contributed by atoms with Crippen LogP contribution in [0.2, 0.25) is 0 Å². The second kappa shape index (κ2) is 8.31. The Balaban J connectivity index is 1.96. The average molecular weight is 314 g/mol. The van der Waals surface area contributed by atoms with Gasteiger partial charge in [-0.3, -0.25) is 9.69 Å². The molecule has 0 aliphatic carbocycles. The zero-order chi connectivity index (χ0) is 16.7. The summed E-state index contributed by atoms with van der Waals surface area (Å²) >= 11 is 0. The van der Waals surface area contributed by atoms with E-state index >= 15 is 0 Å². The third-order valence-electron chi connectivity index (χ3n) is 3.51. The van der Waals surface area contributed by atoms with Crippen LogP contribution in [0.1, 0.15) is 6.92 Å². The van der Waals surface area contributed by atoms with Crippen molar-refractivity contribution in [2.75, 3.05) is 25.5 Å². The molecule has 1 unspecified atom stereocenters. The Morgan fingerprint density at radius 2 is 1.87 bits per heavy atom. The first kappa shape index (κ1) is 17.0. The molecule has 0 radical (unpaired) electrons. The molecule has 5 nitrogen and oxygen atoms in total. The van der Waals surface area contributed by atoms with Crippen LogP contribution in [0.3, 0.4) is 0 Å². The lowest BCUT2D eigenvalue weighted by Crippen LogP contribution is -2.38. The number of nitrogens with one attached hydrogen (secondary N) is 1. The number of anilines is 1. The van der Waals surface area contributed by atoms with Crippen LogP contribution in [-0.2, 0) is 4.79 Å². The number of para-hydroxylation sites is 1. The molecule has 2 N–H and O–H groups in total. The van der Waals surface area contributed by atoms with Gasteiger partial charge in [0.15, 0.2) is 0 Å². The molecule has 2 rings (SSSR count). The standard InChI is InChI=1S/C18H22N2O3/c1-14(13-21)20(2)12-18(22)19-15-7-6-10-17(11-15)23-16-8-4-3-5-9-16/h3-11,14,21H,12-13H2,1-2H3,(H,19,22). The number of benzene rings is 2. The van der Waals surface area contributed by atoms with Crippen LogP contribution >= 0.6 is 0 Å². The van der Waals surface area contributed by atoms with Crippen molar-refractivity contribution in [2.24, 2.45) is 0 Å². The molecule has 122 valence electrons. The normalized spacial score (nSPS) is 12.0. The largest absolute Gasteiger partial charge is 0.457 e. The molecule has 0 heterocycles. The van der Waals surface area contributed by atoms with E-state index in [4.69, 9.17) is 9.84 Å². The smallest absolute Gasteiger partial charge is 0.238 e. The predicted octanol–water partition coefficient (Wildman–Crippen LogP) is 2.73. The Kier molecular flexibility index (Phi) is 6.14. The van der Waals surface area contributed by atoms with E-state index in [0.717, 1.165) is 5.75 Å². The summed E-state index contributed by atoms with van der Waals surface area (Å²) in [5, 5.41) is 11.9. The van der Waals surface area contributed by atoms with Gasteiger partial charge in [-0.15, -0.1) is 0 Å². The molecule has 1 amide bonds. The van der Waals surface area contributed by atoms with E-state index in [9.17, 15) is 4.79 Å². The predicted molar refractivity (Wildman–Crippen MR) is 90.8 cm³/mol. The van der Waals surface area contributed by atoms with E-state index in [2.05, 4.69) is 5.32 Å². The van der Waals surface area contributed by atoms with E-state index in [0.29, 0.717) is 11.4 Å². The molecule has 0 bridgehead atoms. The third kappa shape index (κ3) is 5.39. The topological polar surface area (TPSA) is 61.8 Å². The highest BCUT2D eigenvalue weighted by Crippen LogP contribution is 2.23. The quantitative estimate of drug-likeness (QED) is 0.825. The van der Waals surface area contributed by atoms with Crippen LogP contribution in [0.5, 0.6) is 11.5 Å². The van der Waals surface area contributed by atoms with Crippen molar-refractivity contribution >= 4 is 11.6 Å². The number of carbonyl (C=O) groups excluding carboxylic acids is 1. The first-order chi connectivity index (χ1) is 11.1. The van der Waals surface area contributed by atoms with E-state index in [1.807, 2.05) is 55.5 Å². The summed E-state index contributed by atoms with van der Waals surface area (Å²) < 4.78 is 5.74. The van der Waals surface area contributed by atoms with Crippen molar-refractivity contribution in [3.05, 3.63) is 54.6 Å². The van der Waals surface area contributed by atoms with Crippen LogP contribution in [0, 0.1) is 0 Å². The van der Waals surface area contributed by atoms with Gasteiger partial charge >= 0.3 is 0 Å². The summed E-state index contributed by atoms with van der Waals surface area (Å²) in [6.45, 7) is 2.09. The highest BCUT2D eigenvalue weighted by molar-refractivity contribution is 5.92. The number of ether oxygens (including phenoxy) is 1. The molecule has 0 aromatic heterocycles. The fourth-order valence-electron chi connectivity index (χ4n) is 1.98. The molecule has 0 aliphatic heterocycles. The minimum Gasteiger partial charge on any atom is -0.457 e. The highest BCUT2D eigenvalue weighted by Gasteiger charge is 2.12. The number of aliphatic hydroxyl groups excluding tert-OH is 1. The molecule has 0 saturated carbocycles. The first-order valence-corrected chi connectivity index (χ1v) is 7.52. The van der Waals surface area contributed by atoms with Crippen molar-refractivity contribution in [1.29, 1.82) is 0 Å². The van der Waals surface area contributed by atoms with E-state index in [-0.39, 0.29) is 25.1 Å². The van der Waals surface area contributed by atoms with Crippen molar-refractivity contribution in [2.45, 2.75) is 13.0 Å². The monoisotopic (exact) mass is 314 g/mol. The zero-order valence-electron chi connectivity index (χ0n) is 13.4. The third-order valence-corrected chi connectivity index (χ3v) is 3.51. The summed E-state index contributed by atoms with van der Waals surface area (Å²) in [4.78, 5) is 13.8. The Hall–Kier alpha value is -2.37. The number of rotatable bonds is 7. The molecular formula is C18H22N2O3. The lowest BCUT2D eigenvalue weighted by Gasteiger charge is -2.22. The number of aliphatic hydroxyl groups is 1. The molecule has 0 fully saturated rings. The summed E-state index contributed by atoms with van der Waals surface area (Å²) in [5.41, 5.74) is 0.675. The van der Waals surface area contributed by atoms with Crippen LogP contribution in [0.15, 0.2) is 54.6 Å². The zero-order valence-corrected chi connectivity index (χ0v) is 13.4. The molecule has 0 aliphatic rings. The van der Waals surface area contributed by atoms with E-state index < -0.39 is 0 Å². The van der Waals surface area contributed by atoms with Gasteiger partial charge in [-0.25, -0.2) is 0 Å². The van der Waals surface area contributed by atoms with E-state index in [1.165, 1.54) is 0 Å². The molecule has 2 aromatic rings. The summed E-state index contributed by atoms with van der Waals surface area (Å²) in [6, 6.07) is 16.7. The average Bonchev–Trinajstić information content (AvgIpc) is 2.55. The number of likely N-dealkylation sites (N-methyl/N-ethyl adjacent to an activating group) is 1. The molecule has 1 atom stereocenters. The number of hydrogen-bond donors (Lipinski definition) is 2. The second-order valence-electron chi connectivity index (χ2n) is 5.44. The minimum absolute atomic E-state index is 0.0180. The van der Waals surface area contributed by atoms with Crippen LogP contribution < -0.4 is 10.1 Å². The van der Waals surface area contributed by atoms with Gasteiger partial charge in [0, 0.05) is 17.8 Å². The number of carbonyl (C=O) groups is 1. The first-order valence-electron chi connectivity index (χ1n) is 7.52. The van der Waals surface area contributed by atoms with Crippen molar-refractivity contribution in [1.82, 2.24) is 4.90 Å². The maximum absolute atomic E-state index is 12.0. The fraction of sp³-hybridized carbons (Fsp3) is 0.278. The van der Waals surface area contributed by atoms with Gasteiger partial charge < -0.3 is 15.2 Å². The Bertz CT molecular complexity index is 631. The van der Waals surface area contributed by atoms with Crippen molar-refractivity contribution < 1.29 is 14.6 Å². The molecular weight excluding hydrogens is 292 g/mol. The number of amides is 1. The summed E-state index contributed by atoms with van der Waals surface area (Å²) in [6.07, 6.45) is 0. The van der Waals surface area contributed by atoms with Crippen molar-refractivity contribution in [3.63, 3.8) is 0 Å². The van der Waals surface area contributed by atoms with Crippen LogP contribution in [0.4, 0.5) is 5.69 Å². The fourth-order valence-corrected chi connectivity index (χ4v) is 1.98. The van der Waals surface area contributed by atoms with Gasteiger partial charge in [-0.05, 0) is 38.2 Å². The van der Waals surface area contributed by atoms with E-state index in [1.54, 1.807) is 18.0 Å². The Morgan fingerprint density at radius 3 is 2.57 bits per heavy atom. The minimum atomic E-state index is -0.135. The summed E-state index contributed by atoms with van der Waals surface area (Å²) in [7, 11) is 1.80. The van der Waals surface area contributed by atoms with Gasteiger partial charge in [-0.2, -0.15) is 0 Å². The highest BCUT2D eigenvalue weighted by atomic mass is 16.5. The number of hydrogen-bond acceptors (Lipinski definition) is 4. The molecule has 0 saturated heterocycles. The summed E-state index contributed by atoms with van der Waals surface area (Å²) in [5.74, 6) is 1.27. The lowest BCUT2D eigenvalue weighted by atomic mass is 10.2. The van der Waals surface area contributed by atoms with Gasteiger partial charge in [0.1, 0.15) is 11.5 Å². The van der Waals surface area contributed by atoms with Gasteiger partial charge in [0.2, 0.25) is 5.91 Å². The van der Waals surface area contributed by atoms with Crippen molar-refractivity contribution in [3.8, 4) is 11.5 Å². The molecule has 2 aromatic carbocycles. The second-order valence-corrected chi connectivity index (χ2v) is 5.44. The number of nitrogens with zero attached hydrogens (tertiary/aromatic N) is 1. The maximum atomic E-state index is 12.0. The molecule has 0 spiro atoms. The molecule has 23 heavy (non-hydrogen) atoms. The Labute approximate surface area is 136 Å². The molecule has 5 heteroatoms. The van der Waals surface area contributed by atoms with Gasteiger partial charge in [0.25, 0.3) is 0 Å². The lowest BCUT2D eigenvalue weighted by molar-refractivity contribution is -0.117. The maximum Gasteiger partial charge on any atom is 0.238 e. The van der Waals surface area contributed by atoms with Crippen LogP contribution in [-0.4, -0.2) is 42.2 Å². The van der Waals surface area contributed by atoms with Gasteiger partial charge in [-0.1, -0.05) is 24.3 Å². The SMILES string of the molecule is CC(CO)N(C)CC(=O)Nc1cccc(Oc2ccccc2)c1. The van der Waals surface area contributed by atoms with Crippen LogP contribution in [0.25, 0.3) is 0 Å². The Morgan fingerprint density at radius 1 is 1.17 bits per heavy atom.